The third-order valence-electron chi connectivity index (χ3n) is 2.33. The minimum atomic E-state index is -0.614. The van der Waals surface area contributed by atoms with Gasteiger partial charge in [-0.2, -0.15) is 0 Å². The molecular weight excluding hydrogens is 180 g/mol. The average molecular weight is 200 g/mol. The van der Waals surface area contributed by atoms with E-state index in [2.05, 4.69) is 0 Å². The van der Waals surface area contributed by atoms with E-state index in [0.29, 0.717) is 6.61 Å². The van der Waals surface area contributed by atoms with Crippen molar-refractivity contribution < 1.29 is 14.3 Å². The number of esters is 1. The van der Waals surface area contributed by atoms with Gasteiger partial charge in [-0.1, -0.05) is 20.8 Å². The molecule has 0 N–H and O–H groups in total. The molecule has 0 aromatic carbocycles. The van der Waals surface area contributed by atoms with Gasteiger partial charge in [0.2, 0.25) is 0 Å². The normalized spacial score (nSPS) is 14.6. The summed E-state index contributed by atoms with van der Waals surface area (Å²) < 4.78 is 4.91. The van der Waals surface area contributed by atoms with E-state index in [9.17, 15) is 9.59 Å². The fourth-order valence-electron chi connectivity index (χ4n) is 1.07. The first-order valence-corrected chi connectivity index (χ1v) is 5.24. The number of Topliss-reactive ketones (excluding diaryl/α,β-unsaturated/α-hetero) is 1. The molecule has 0 rings (SSSR count). The van der Waals surface area contributed by atoms with E-state index >= 15 is 0 Å². The predicted octanol–water partition coefficient (Wildman–Crippen LogP) is 2.19. The van der Waals surface area contributed by atoms with Gasteiger partial charge in [0.05, 0.1) is 6.61 Å². The number of hydrogen-bond acceptors (Lipinski definition) is 3. The molecule has 2 atom stereocenters. The van der Waals surface area contributed by atoms with Crippen molar-refractivity contribution in [2.24, 2.45) is 11.8 Å². The molecule has 2 unspecified atom stereocenters. The third kappa shape index (κ3) is 3.90. The van der Waals surface area contributed by atoms with Crippen molar-refractivity contribution >= 4 is 11.8 Å². The van der Waals surface area contributed by atoms with Crippen LogP contribution in [0.3, 0.4) is 0 Å². The topological polar surface area (TPSA) is 43.4 Å². The second kappa shape index (κ2) is 6.57. The van der Waals surface area contributed by atoms with Gasteiger partial charge in [0.25, 0.3) is 0 Å². The Labute approximate surface area is 85.8 Å². The maximum absolute atomic E-state index is 11.6. The first kappa shape index (κ1) is 13.1. The van der Waals surface area contributed by atoms with Crippen LogP contribution in [0.1, 0.15) is 40.5 Å². The summed E-state index contributed by atoms with van der Waals surface area (Å²) >= 11 is 0. The van der Waals surface area contributed by atoms with E-state index in [1.807, 2.05) is 20.8 Å². The summed E-state index contributed by atoms with van der Waals surface area (Å²) in [5, 5.41) is 0. The van der Waals surface area contributed by atoms with Gasteiger partial charge in [0.15, 0.2) is 0 Å². The maximum atomic E-state index is 11.6. The summed E-state index contributed by atoms with van der Waals surface area (Å²) in [4.78, 5) is 22.9. The summed E-state index contributed by atoms with van der Waals surface area (Å²) in [6.45, 7) is 7.72. The molecule has 0 aromatic rings. The summed E-state index contributed by atoms with van der Waals surface area (Å²) in [7, 11) is 0. The summed E-state index contributed by atoms with van der Waals surface area (Å²) in [5.74, 6) is -1.08. The van der Waals surface area contributed by atoms with Crippen molar-refractivity contribution in [3.63, 3.8) is 0 Å². The molecule has 0 aliphatic rings. The Balaban J connectivity index is 4.10. The molecular formula is C11H20O3. The molecule has 82 valence electrons. The Hall–Kier alpha value is -0.860. The second-order valence-electron chi connectivity index (χ2n) is 3.60. The van der Waals surface area contributed by atoms with Crippen molar-refractivity contribution in [3.8, 4) is 0 Å². The molecule has 0 radical (unpaired) electrons. The molecule has 3 nitrogen and oxygen atoms in total. The zero-order valence-electron chi connectivity index (χ0n) is 9.50. The Morgan fingerprint density at radius 1 is 1.21 bits per heavy atom. The van der Waals surface area contributed by atoms with E-state index in [1.165, 1.54) is 0 Å². The smallest absolute Gasteiger partial charge is 0.316 e. The molecule has 0 aliphatic heterocycles. The molecule has 0 spiro atoms. The highest BCUT2D eigenvalue weighted by Gasteiger charge is 2.25. The molecule has 0 heterocycles. The van der Waals surface area contributed by atoms with Crippen LogP contribution in [0.2, 0.25) is 0 Å². The highest BCUT2D eigenvalue weighted by molar-refractivity contribution is 5.99. The molecule has 0 aromatic heterocycles. The molecule has 14 heavy (non-hydrogen) atoms. The number of ether oxygens (including phenoxy) is 1. The lowest BCUT2D eigenvalue weighted by Crippen LogP contribution is -2.27. The van der Waals surface area contributed by atoms with E-state index < -0.39 is 11.9 Å². The lowest BCUT2D eigenvalue weighted by Gasteiger charge is -2.13. The Morgan fingerprint density at radius 2 is 1.79 bits per heavy atom. The van der Waals surface area contributed by atoms with E-state index in [0.717, 1.165) is 12.8 Å². The molecule has 0 aliphatic carbocycles. The SMILES string of the molecule is CCCOC(=O)C(C)C(=O)C(C)CC. The van der Waals surface area contributed by atoms with Gasteiger partial charge in [-0.05, 0) is 19.8 Å². The number of hydrogen-bond donors (Lipinski definition) is 0. The second-order valence-corrected chi connectivity index (χ2v) is 3.60. The summed E-state index contributed by atoms with van der Waals surface area (Å²) in [6, 6.07) is 0. The van der Waals surface area contributed by atoms with Gasteiger partial charge in [-0.25, -0.2) is 0 Å². The van der Waals surface area contributed by atoms with Gasteiger partial charge >= 0.3 is 5.97 Å². The fourth-order valence-corrected chi connectivity index (χ4v) is 1.07. The standard InChI is InChI=1S/C11H20O3/c1-5-7-14-11(13)9(4)10(12)8(3)6-2/h8-9H,5-7H2,1-4H3. The monoisotopic (exact) mass is 200 g/mol. The van der Waals surface area contributed by atoms with Gasteiger partial charge in [0, 0.05) is 5.92 Å². The van der Waals surface area contributed by atoms with Crippen LogP contribution in [0, 0.1) is 11.8 Å². The van der Waals surface area contributed by atoms with E-state index in [-0.39, 0.29) is 11.7 Å². The van der Waals surface area contributed by atoms with Crippen LogP contribution in [-0.4, -0.2) is 18.4 Å². The first-order chi connectivity index (χ1) is 6.54. The third-order valence-corrected chi connectivity index (χ3v) is 2.33. The molecule has 0 saturated carbocycles. The molecule has 0 amide bonds. The zero-order valence-corrected chi connectivity index (χ0v) is 9.50. The molecule has 0 bridgehead atoms. The van der Waals surface area contributed by atoms with Gasteiger partial charge < -0.3 is 4.74 Å². The molecule has 3 heteroatoms. The highest BCUT2D eigenvalue weighted by atomic mass is 16.5. The molecule has 0 fully saturated rings. The van der Waals surface area contributed by atoms with Crippen LogP contribution in [0.5, 0.6) is 0 Å². The van der Waals surface area contributed by atoms with Crippen LogP contribution in [0.4, 0.5) is 0 Å². The minimum absolute atomic E-state index is 0.0198. The average Bonchev–Trinajstić information content (AvgIpc) is 2.22. The summed E-state index contributed by atoms with van der Waals surface area (Å²) in [5.41, 5.74) is 0. The fraction of sp³-hybridized carbons (Fsp3) is 0.818. The lowest BCUT2D eigenvalue weighted by molar-refractivity contribution is -0.152. The number of carbonyl (C=O) groups is 2. The van der Waals surface area contributed by atoms with Crippen LogP contribution in [0.15, 0.2) is 0 Å². The number of ketones is 1. The maximum Gasteiger partial charge on any atom is 0.316 e. The van der Waals surface area contributed by atoms with E-state index in [1.54, 1.807) is 6.92 Å². The molecule has 0 saturated heterocycles. The minimum Gasteiger partial charge on any atom is -0.465 e. The van der Waals surface area contributed by atoms with Crippen LogP contribution in [-0.2, 0) is 14.3 Å². The van der Waals surface area contributed by atoms with Gasteiger partial charge in [0.1, 0.15) is 11.7 Å². The zero-order chi connectivity index (χ0) is 11.1. The lowest BCUT2D eigenvalue weighted by atomic mass is 9.94. The van der Waals surface area contributed by atoms with Gasteiger partial charge in [-0.3, -0.25) is 9.59 Å². The first-order valence-electron chi connectivity index (χ1n) is 5.24. The van der Waals surface area contributed by atoms with Crippen molar-refractivity contribution in [1.82, 2.24) is 0 Å². The highest BCUT2D eigenvalue weighted by Crippen LogP contribution is 2.11. The van der Waals surface area contributed by atoms with Crippen molar-refractivity contribution in [2.45, 2.75) is 40.5 Å². The van der Waals surface area contributed by atoms with Crippen LogP contribution in [0.25, 0.3) is 0 Å². The number of rotatable bonds is 6. The predicted molar refractivity (Wildman–Crippen MR) is 54.9 cm³/mol. The van der Waals surface area contributed by atoms with Crippen LogP contribution >= 0.6 is 0 Å². The van der Waals surface area contributed by atoms with Crippen molar-refractivity contribution in [2.75, 3.05) is 6.61 Å². The Bertz CT molecular complexity index is 199. The summed E-state index contributed by atoms with van der Waals surface area (Å²) in [6.07, 6.45) is 1.56. The Morgan fingerprint density at radius 3 is 2.21 bits per heavy atom. The van der Waals surface area contributed by atoms with Crippen molar-refractivity contribution in [3.05, 3.63) is 0 Å². The Kier molecular flexibility index (Phi) is 6.17. The van der Waals surface area contributed by atoms with E-state index in [4.69, 9.17) is 4.74 Å². The quantitative estimate of drug-likeness (QED) is 0.487. The number of carbonyl (C=O) groups excluding carboxylic acids is 2. The van der Waals surface area contributed by atoms with Crippen molar-refractivity contribution in [1.29, 1.82) is 0 Å². The van der Waals surface area contributed by atoms with Gasteiger partial charge in [-0.15, -0.1) is 0 Å². The largest absolute Gasteiger partial charge is 0.465 e. The van der Waals surface area contributed by atoms with Crippen LogP contribution < -0.4 is 0 Å².